The minimum atomic E-state index is -4.00. The smallest absolute Gasteiger partial charge is 0.426 e. The first-order chi connectivity index (χ1) is 16.8. The van der Waals surface area contributed by atoms with Gasteiger partial charge in [-0.05, 0) is 55.2 Å². The van der Waals surface area contributed by atoms with Crippen molar-refractivity contribution in [1.82, 2.24) is 14.9 Å². The maximum absolute atomic E-state index is 13.9. The maximum Gasteiger partial charge on any atom is 0.475 e. The van der Waals surface area contributed by atoms with Crippen LogP contribution in [-0.2, 0) is 26.0 Å². The van der Waals surface area contributed by atoms with Gasteiger partial charge in [0.05, 0.1) is 10.8 Å². The molecular formula is C25H42BN3O6S. The molecule has 9 nitrogen and oxygen atoms in total. The third kappa shape index (κ3) is 6.88. The number of carbonyl (C=O) groups is 2. The highest BCUT2D eigenvalue weighted by atomic mass is 32.2. The first-order valence-electron chi connectivity index (χ1n) is 12.9. The van der Waals surface area contributed by atoms with Crippen LogP contribution in [0.1, 0.15) is 72.8 Å². The quantitative estimate of drug-likeness (QED) is 0.292. The molecular weight excluding hydrogens is 481 g/mol. The molecule has 2 rings (SSSR count). The van der Waals surface area contributed by atoms with E-state index in [1.165, 1.54) is 4.90 Å². The second kappa shape index (κ2) is 12.5. The number of benzene rings is 1. The lowest BCUT2D eigenvalue weighted by atomic mass is 9.77. The Labute approximate surface area is 216 Å². The Morgan fingerprint density at radius 3 is 2.22 bits per heavy atom. The molecule has 1 saturated heterocycles. The second-order valence-electron chi connectivity index (χ2n) is 10.5. The predicted octanol–water partition coefficient (Wildman–Crippen LogP) is 1.87. The van der Waals surface area contributed by atoms with Gasteiger partial charge in [-0.25, -0.2) is 8.42 Å². The Morgan fingerprint density at radius 2 is 1.75 bits per heavy atom. The van der Waals surface area contributed by atoms with E-state index in [9.17, 15) is 28.1 Å². The van der Waals surface area contributed by atoms with Crippen molar-refractivity contribution in [1.29, 1.82) is 0 Å². The summed E-state index contributed by atoms with van der Waals surface area (Å²) >= 11 is 0. The zero-order valence-corrected chi connectivity index (χ0v) is 23.1. The molecule has 2 unspecified atom stereocenters. The van der Waals surface area contributed by atoms with Gasteiger partial charge in [0, 0.05) is 6.54 Å². The van der Waals surface area contributed by atoms with Crippen molar-refractivity contribution in [2.75, 3.05) is 6.54 Å². The highest BCUT2D eigenvalue weighted by molar-refractivity contribution is 7.89. The van der Waals surface area contributed by atoms with Gasteiger partial charge < -0.3 is 20.3 Å². The fourth-order valence-electron chi connectivity index (χ4n) is 4.72. The first-order valence-corrected chi connectivity index (χ1v) is 14.4. The van der Waals surface area contributed by atoms with E-state index in [-0.39, 0.29) is 29.7 Å². The van der Waals surface area contributed by atoms with Gasteiger partial charge in [0.1, 0.15) is 11.6 Å². The van der Waals surface area contributed by atoms with Crippen LogP contribution in [0.3, 0.4) is 0 Å². The summed E-state index contributed by atoms with van der Waals surface area (Å²) in [6.07, 6.45) is 2.68. The number of rotatable bonds is 13. The molecule has 1 aromatic rings. The van der Waals surface area contributed by atoms with E-state index in [4.69, 9.17) is 0 Å². The summed E-state index contributed by atoms with van der Waals surface area (Å²) < 4.78 is 29.4. The topological polar surface area (TPSA) is 136 Å². The average molecular weight is 524 g/mol. The van der Waals surface area contributed by atoms with Gasteiger partial charge in [-0.1, -0.05) is 60.1 Å². The molecule has 0 bridgehead atoms. The van der Waals surface area contributed by atoms with Crippen molar-refractivity contribution in [3.05, 3.63) is 29.8 Å². The lowest BCUT2D eigenvalue weighted by Gasteiger charge is -2.35. The summed E-state index contributed by atoms with van der Waals surface area (Å²) in [5.74, 6) is -2.09. The second-order valence-corrected chi connectivity index (χ2v) is 12.1. The summed E-state index contributed by atoms with van der Waals surface area (Å²) in [5, 5.41) is 21.8. The standard InChI is InChI=1S/C25H42BN3O6S/c1-7-9-19-10-12-20(13-11-19)36(34,35)28-25(18(5)6)14-15-29(24(25)31)21(16-17(3)4)23(30)27-22(8-2)26(32)33/h10-13,17-18,21-22,28,32-33H,7-9,14-16H2,1-6H3,(H,27,30)/t21-,22?,25?/m0/s1. The Hall–Kier alpha value is -1.95. The third-order valence-corrected chi connectivity index (χ3v) is 8.49. The van der Waals surface area contributed by atoms with Crippen LogP contribution >= 0.6 is 0 Å². The van der Waals surface area contributed by atoms with Crippen molar-refractivity contribution >= 4 is 29.0 Å². The Morgan fingerprint density at radius 1 is 1.14 bits per heavy atom. The molecule has 1 heterocycles. The van der Waals surface area contributed by atoms with Gasteiger partial charge in [0.25, 0.3) is 0 Å². The normalized spacial score (nSPS) is 20.2. The van der Waals surface area contributed by atoms with Gasteiger partial charge in [0.2, 0.25) is 21.8 Å². The van der Waals surface area contributed by atoms with Crippen molar-refractivity contribution in [3.8, 4) is 0 Å². The van der Waals surface area contributed by atoms with E-state index >= 15 is 0 Å². The van der Waals surface area contributed by atoms with E-state index in [1.54, 1.807) is 45.0 Å². The first kappa shape index (κ1) is 30.3. The van der Waals surface area contributed by atoms with Crippen molar-refractivity contribution < 1.29 is 28.1 Å². The van der Waals surface area contributed by atoms with Crippen LogP contribution in [0.5, 0.6) is 0 Å². The van der Waals surface area contributed by atoms with Crippen LogP contribution in [0.25, 0.3) is 0 Å². The van der Waals surface area contributed by atoms with E-state index < -0.39 is 46.5 Å². The fourth-order valence-corrected chi connectivity index (χ4v) is 6.24. The Balaban J connectivity index is 2.35. The molecule has 1 aliphatic heterocycles. The summed E-state index contributed by atoms with van der Waals surface area (Å²) in [5.41, 5.74) is -0.351. The molecule has 0 aliphatic carbocycles. The zero-order chi connectivity index (χ0) is 27.3. The number of nitrogens with zero attached hydrogens (tertiary/aromatic N) is 1. The summed E-state index contributed by atoms with van der Waals surface area (Å²) in [6, 6.07) is 5.82. The Kier molecular flexibility index (Phi) is 10.5. The van der Waals surface area contributed by atoms with Gasteiger partial charge >= 0.3 is 7.12 Å². The number of nitrogens with one attached hydrogen (secondary N) is 2. The van der Waals surface area contributed by atoms with Crippen LogP contribution in [-0.4, -0.2) is 66.4 Å². The van der Waals surface area contributed by atoms with Gasteiger partial charge in [-0.15, -0.1) is 0 Å². The van der Waals surface area contributed by atoms with Crippen LogP contribution < -0.4 is 10.0 Å². The molecule has 3 atom stereocenters. The SMILES string of the molecule is CCCc1ccc(S(=O)(=O)NC2(C(C)C)CCN([C@@H](CC(C)C)C(=O)NC(CC)B(O)O)C2=O)cc1. The molecule has 36 heavy (non-hydrogen) atoms. The molecule has 4 N–H and O–H groups in total. The Bertz CT molecular complexity index is 1000. The maximum atomic E-state index is 13.9. The number of likely N-dealkylation sites (tertiary alicyclic amines) is 1. The molecule has 11 heteroatoms. The van der Waals surface area contributed by atoms with E-state index in [0.29, 0.717) is 12.8 Å². The number of sulfonamides is 1. The monoisotopic (exact) mass is 523 g/mol. The van der Waals surface area contributed by atoms with Gasteiger partial charge in [-0.3, -0.25) is 9.59 Å². The molecule has 0 saturated carbocycles. The molecule has 0 aromatic heterocycles. The summed E-state index contributed by atoms with van der Waals surface area (Å²) in [4.78, 5) is 28.6. The van der Waals surface area contributed by atoms with E-state index in [1.807, 2.05) is 13.8 Å². The molecule has 1 aliphatic rings. The van der Waals surface area contributed by atoms with E-state index in [2.05, 4.69) is 17.0 Å². The van der Waals surface area contributed by atoms with Crippen molar-refractivity contribution in [2.24, 2.45) is 11.8 Å². The fraction of sp³-hybridized carbons (Fsp3) is 0.680. The lowest BCUT2D eigenvalue weighted by molar-refractivity contribution is -0.142. The molecule has 202 valence electrons. The average Bonchev–Trinajstić information content (AvgIpc) is 3.12. The zero-order valence-electron chi connectivity index (χ0n) is 22.3. The van der Waals surface area contributed by atoms with Crippen LogP contribution in [0.4, 0.5) is 0 Å². The number of hydrogen-bond acceptors (Lipinski definition) is 6. The third-order valence-electron chi connectivity index (χ3n) is 6.96. The largest absolute Gasteiger partial charge is 0.475 e. The number of amides is 2. The lowest BCUT2D eigenvalue weighted by Crippen LogP contribution is -2.60. The van der Waals surface area contributed by atoms with Crippen LogP contribution in [0.15, 0.2) is 29.2 Å². The summed E-state index contributed by atoms with van der Waals surface area (Å²) in [6.45, 7) is 11.4. The van der Waals surface area contributed by atoms with Gasteiger partial charge in [-0.2, -0.15) is 4.72 Å². The minimum absolute atomic E-state index is 0.0695. The number of aryl methyl sites for hydroxylation is 1. The van der Waals surface area contributed by atoms with Crippen molar-refractivity contribution in [3.63, 3.8) is 0 Å². The molecule has 2 amide bonds. The molecule has 1 fully saturated rings. The highest BCUT2D eigenvalue weighted by Crippen LogP contribution is 2.34. The molecule has 1 aromatic carbocycles. The highest BCUT2D eigenvalue weighted by Gasteiger charge is 2.54. The van der Waals surface area contributed by atoms with Crippen molar-refractivity contribution in [2.45, 2.75) is 96.1 Å². The van der Waals surface area contributed by atoms with Crippen LogP contribution in [0, 0.1) is 11.8 Å². The van der Waals surface area contributed by atoms with E-state index in [0.717, 1.165) is 18.4 Å². The predicted molar refractivity (Wildman–Crippen MR) is 140 cm³/mol. The van der Waals surface area contributed by atoms with Gasteiger partial charge in [0.15, 0.2) is 0 Å². The molecule has 0 radical (unpaired) electrons. The number of carbonyl (C=O) groups excluding carboxylic acids is 2. The minimum Gasteiger partial charge on any atom is -0.426 e. The van der Waals surface area contributed by atoms with Crippen LogP contribution in [0.2, 0.25) is 0 Å². The molecule has 0 spiro atoms. The number of hydrogen-bond donors (Lipinski definition) is 4. The summed E-state index contributed by atoms with van der Waals surface area (Å²) in [7, 11) is -5.73.